The molecule has 5 rings (SSSR count). The molecule has 8 heteroatoms. The number of esters is 1. The SMILES string of the molecule is CCOc1ccc(C2=N/C(=C\c3cn(-c4ccccc4)nc3-c3cccnc3)C(=O)O2)cc1OCC. The molecule has 36 heavy (non-hydrogen) atoms. The number of ether oxygens (including phenoxy) is 3. The van der Waals surface area contributed by atoms with E-state index in [0.29, 0.717) is 41.5 Å². The molecular formula is C28H24N4O4. The van der Waals surface area contributed by atoms with E-state index in [-0.39, 0.29) is 11.6 Å². The molecule has 3 heterocycles. The normalized spacial score (nSPS) is 14.0. The van der Waals surface area contributed by atoms with Gasteiger partial charge in [-0.15, -0.1) is 0 Å². The van der Waals surface area contributed by atoms with Crippen molar-refractivity contribution in [2.75, 3.05) is 13.2 Å². The number of hydrogen-bond donors (Lipinski definition) is 0. The third-order valence-corrected chi connectivity index (χ3v) is 5.40. The van der Waals surface area contributed by atoms with Gasteiger partial charge in [-0.2, -0.15) is 5.10 Å². The van der Waals surface area contributed by atoms with E-state index in [1.54, 1.807) is 41.4 Å². The highest BCUT2D eigenvalue weighted by molar-refractivity contribution is 6.13. The molecule has 0 atom stereocenters. The number of rotatable bonds is 8. The monoisotopic (exact) mass is 480 g/mol. The Bertz CT molecular complexity index is 1440. The number of para-hydroxylation sites is 1. The molecule has 0 unspecified atom stereocenters. The summed E-state index contributed by atoms with van der Waals surface area (Å²) in [7, 11) is 0. The molecule has 0 fully saturated rings. The molecule has 4 aromatic rings. The zero-order valence-electron chi connectivity index (χ0n) is 19.9. The van der Waals surface area contributed by atoms with E-state index in [1.165, 1.54) is 0 Å². The zero-order valence-corrected chi connectivity index (χ0v) is 19.9. The first-order valence-corrected chi connectivity index (χ1v) is 11.6. The molecule has 2 aromatic heterocycles. The summed E-state index contributed by atoms with van der Waals surface area (Å²) in [6.07, 6.45) is 6.97. The first-order chi connectivity index (χ1) is 17.7. The van der Waals surface area contributed by atoms with E-state index in [9.17, 15) is 4.79 Å². The Kier molecular flexibility index (Phi) is 6.57. The number of nitrogens with zero attached hydrogens (tertiary/aromatic N) is 4. The summed E-state index contributed by atoms with van der Waals surface area (Å²) in [6, 6.07) is 18.8. The maximum absolute atomic E-state index is 12.8. The van der Waals surface area contributed by atoms with Gasteiger partial charge in [0.1, 0.15) is 5.69 Å². The third kappa shape index (κ3) is 4.74. The third-order valence-electron chi connectivity index (χ3n) is 5.40. The van der Waals surface area contributed by atoms with E-state index < -0.39 is 5.97 Å². The molecule has 0 saturated carbocycles. The fourth-order valence-electron chi connectivity index (χ4n) is 3.80. The minimum absolute atomic E-state index is 0.176. The van der Waals surface area contributed by atoms with Crippen LogP contribution in [0.2, 0.25) is 0 Å². The lowest BCUT2D eigenvalue weighted by molar-refractivity contribution is -0.129. The first kappa shape index (κ1) is 23.0. The number of carbonyl (C=O) groups is 1. The first-order valence-electron chi connectivity index (χ1n) is 11.6. The summed E-state index contributed by atoms with van der Waals surface area (Å²) < 4.78 is 18.6. The van der Waals surface area contributed by atoms with Crippen LogP contribution in [0.5, 0.6) is 11.5 Å². The van der Waals surface area contributed by atoms with E-state index in [2.05, 4.69) is 9.98 Å². The quantitative estimate of drug-likeness (QED) is 0.258. The van der Waals surface area contributed by atoms with Gasteiger partial charge < -0.3 is 14.2 Å². The van der Waals surface area contributed by atoms with Gasteiger partial charge in [-0.1, -0.05) is 18.2 Å². The Hall–Kier alpha value is -4.72. The predicted molar refractivity (Wildman–Crippen MR) is 136 cm³/mol. The van der Waals surface area contributed by atoms with Crippen LogP contribution in [0.1, 0.15) is 25.0 Å². The molecule has 0 aliphatic carbocycles. The van der Waals surface area contributed by atoms with Crippen LogP contribution in [0.25, 0.3) is 23.0 Å². The molecule has 0 bridgehead atoms. The lowest BCUT2D eigenvalue weighted by atomic mass is 10.1. The second-order valence-electron chi connectivity index (χ2n) is 7.82. The van der Waals surface area contributed by atoms with Crippen LogP contribution in [-0.2, 0) is 9.53 Å². The maximum atomic E-state index is 12.8. The van der Waals surface area contributed by atoms with Crippen molar-refractivity contribution in [2.45, 2.75) is 13.8 Å². The summed E-state index contributed by atoms with van der Waals surface area (Å²) in [4.78, 5) is 21.5. The van der Waals surface area contributed by atoms with Crippen molar-refractivity contribution in [2.24, 2.45) is 4.99 Å². The predicted octanol–water partition coefficient (Wildman–Crippen LogP) is 5.08. The average Bonchev–Trinajstić information content (AvgIpc) is 3.50. The van der Waals surface area contributed by atoms with Crippen molar-refractivity contribution in [3.8, 4) is 28.4 Å². The molecule has 0 amide bonds. The van der Waals surface area contributed by atoms with Crippen LogP contribution in [0.4, 0.5) is 0 Å². The summed E-state index contributed by atoms with van der Waals surface area (Å²) in [5.74, 6) is 0.851. The van der Waals surface area contributed by atoms with Gasteiger partial charge in [0.2, 0.25) is 5.90 Å². The largest absolute Gasteiger partial charge is 0.490 e. The minimum Gasteiger partial charge on any atom is -0.490 e. The van der Waals surface area contributed by atoms with E-state index >= 15 is 0 Å². The second kappa shape index (κ2) is 10.3. The summed E-state index contributed by atoms with van der Waals surface area (Å²) >= 11 is 0. The van der Waals surface area contributed by atoms with Crippen LogP contribution in [0.3, 0.4) is 0 Å². The lowest BCUT2D eigenvalue weighted by Crippen LogP contribution is -2.06. The van der Waals surface area contributed by atoms with Crippen molar-refractivity contribution < 1.29 is 19.0 Å². The van der Waals surface area contributed by atoms with E-state index in [4.69, 9.17) is 19.3 Å². The summed E-state index contributed by atoms with van der Waals surface area (Å²) in [6.45, 7) is 4.79. The van der Waals surface area contributed by atoms with Crippen molar-refractivity contribution >= 4 is 17.9 Å². The van der Waals surface area contributed by atoms with Crippen LogP contribution in [0, 0.1) is 0 Å². The van der Waals surface area contributed by atoms with Crippen LogP contribution in [0.15, 0.2) is 89.9 Å². The van der Waals surface area contributed by atoms with Gasteiger partial charge in [-0.25, -0.2) is 14.5 Å². The number of hydrogen-bond acceptors (Lipinski definition) is 7. The van der Waals surface area contributed by atoms with Gasteiger partial charge >= 0.3 is 5.97 Å². The Morgan fingerprint density at radius 2 is 1.75 bits per heavy atom. The van der Waals surface area contributed by atoms with Crippen LogP contribution in [-0.4, -0.2) is 39.8 Å². The highest BCUT2D eigenvalue weighted by Crippen LogP contribution is 2.31. The van der Waals surface area contributed by atoms with Gasteiger partial charge in [0.05, 0.1) is 18.9 Å². The fourth-order valence-corrected chi connectivity index (χ4v) is 3.80. The highest BCUT2D eigenvalue weighted by atomic mass is 16.6. The topological polar surface area (TPSA) is 87.8 Å². The summed E-state index contributed by atoms with van der Waals surface area (Å²) in [5, 5.41) is 4.76. The number of pyridine rings is 1. The van der Waals surface area contributed by atoms with E-state index in [0.717, 1.165) is 11.3 Å². The molecule has 0 N–H and O–H groups in total. The molecular weight excluding hydrogens is 456 g/mol. The number of aromatic nitrogens is 3. The Labute approximate surface area is 208 Å². The number of cyclic esters (lactones) is 1. The second-order valence-corrected chi connectivity index (χ2v) is 7.82. The molecule has 0 spiro atoms. The van der Waals surface area contributed by atoms with Crippen molar-refractivity contribution in [3.63, 3.8) is 0 Å². The molecule has 1 aliphatic heterocycles. The maximum Gasteiger partial charge on any atom is 0.363 e. The standard InChI is InChI=1S/C28H24N4O4/c1-3-34-24-13-12-19(16-25(24)35-4-2)27-30-23(28(33)36-27)15-21-18-32(22-10-6-5-7-11-22)31-26(21)20-9-8-14-29-17-20/h5-18H,3-4H2,1-2H3/b23-15-. The molecule has 180 valence electrons. The number of benzene rings is 2. The molecule has 2 aromatic carbocycles. The molecule has 8 nitrogen and oxygen atoms in total. The van der Waals surface area contributed by atoms with Crippen LogP contribution < -0.4 is 9.47 Å². The number of aliphatic imine (C=N–C) groups is 1. The van der Waals surface area contributed by atoms with Crippen molar-refractivity contribution in [1.29, 1.82) is 0 Å². The minimum atomic E-state index is -0.540. The molecule has 0 saturated heterocycles. The van der Waals surface area contributed by atoms with Crippen LogP contribution >= 0.6 is 0 Å². The van der Waals surface area contributed by atoms with Crippen molar-refractivity contribution in [1.82, 2.24) is 14.8 Å². The molecule has 0 radical (unpaired) electrons. The molecule has 1 aliphatic rings. The summed E-state index contributed by atoms with van der Waals surface area (Å²) in [5.41, 5.74) is 3.90. The van der Waals surface area contributed by atoms with Crippen molar-refractivity contribution in [3.05, 3.63) is 96.1 Å². The average molecular weight is 481 g/mol. The van der Waals surface area contributed by atoms with Gasteiger partial charge in [-0.05, 0) is 62.4 Å². The van der Waals surface area contributed by atoms with Gasteiger partial charge in [-0.3, -0.25) is 4.98 Å². The Morgan fingerprint density at radius 1 is 0.944 bits per heavy atom. The zero-order chi connectivity index (χ0) is 24.9. The smallest absolute Gasteiger partial charge is 0.363 e. The number of carbonyl (C=O) groups excluding carboxylic acids is 1. The van der Waals surface area contributed by atoms with Gasteiger partial charge in [0, 0.05) is 35.3 Å². The van der Waals surface area contributed by atoms with E-state index in [1.807, 2.05) is 62.5 Å². The Balaban J connectivity index is 1.54. The van der Waals surface area contributed by atoms with Gasteiger partial charge in [0.15, 0.2) is 17.2 Å². The highest BCUT2D eigenvalue weighted by Gasteiger charge is 2.26. The van der Waals surface area contributed by atoms with Gasteiger partial charge in [0.25, 0.3) is 0 Å². The lowest BCUT2D eigenvalue weighted by Gasteiger charge is -2.11. The fraction of sp³-hybridized carbons (Fsp3) is 0.143. The Morgan fingerprint density at radius 3 is 2.50 bits per heavy atom.